The zero-order chi connectivity index (χ0) is 19.9. The van der Waals surface area contributed by atoms with E-state index in [1.807, 2.05) is 6.07 Å². The Bertz CT molecular complexity index is 785. The number of anilines is 2. The summed E-state index contributed by atoms with van der Waals surface area (Å²) in [5.41, 5.74) is 0. The largest absolute Gasteiger partial charge is 0.362 e. The molecule has 1 atom stereocenters. The molecule has 0 bridgehead atoms. The van der Waals surface area contributed by atoms with Crippen LogP contribution in [0.1, 0.15) is 33.6 Å². The molecule has 1 aliphatic heterocycles. The van der Waals surface area contributed by atoms with Crippen LogP contribution in [-0.4, -0.2) is 44.7 Å². The molecule has 3 rings (SSSR count). The molecule has 150 valence electrons. The molecular weight excluding hydrogens is 390 g/mol. The number of nitrogens with one attached hydrogen (secondary N) is 2. The van der Waals surface area contributed by atoms with Crippen LogP contribution in [0.15, 0.2) is 34.7 Å². The van der Waals surface area contributed by atoms with Gasteiger partial charge in [-0.1, -0.05) is 20.8 Å². The number of rotatable bonds is 6. The summed E-state index contributed by atoms with van der Waals surface area (Å²) in [6.07, 6.45) is 5.89. The molecule has 3 heterocycles. The lowest BCUT2D eigenvalue weighted by atomic mass is 10.0. The van der Waals surface area contributed by atoms with Gasteiger partial charge < -0.3 is 15.5 Å². The minimum absolute atomic E-state index is 0.496. The Hall–Kier alpha value is -2.00. The zero-order valence-corrected chi connectivity index (χ0v) is 18.2. The Kier molecular flexibility index (Phi) is 7.38. The molecular formula is C19H27N7S2. The van der Waals surface area contributed by atoms with Crippen LogP contribution in [-0.2, 0) is 0 Å². The predicted octanol–water partition coefficient (Wildman–Crippen LogP) is 3.60. The van der Waals surface area contributed by atoms with Crippen LogP contribution in [0.3, 0.4) is 0 Å². The third-order valence-corrected chi connectivity index (χ3v) is 5.36. The summed E-state index contributed by atoms with van der Waals surface area (Å²) >= 11 is 6.82. The topological polar surface area (TPSA) is 78.9 Å². The number of thiocarbonyl (C=S) groups is 1. The number of hydrogen-bond donors (Lipinski definition) is 2. The van der Waals surface area contributed by atoms with Gasteiger partial charge >= 0.3 is 0 Å². The van der Waals surface area contributed by atoms with Crippen LogP contribution < -0.4 is 15.5 Å². The average Bonchev–Trinajstić information content (AvgIpc) is 2.67. The molecule has 0 spiro atoms. The van der Waals surface area contributed by atoms with E-state index in [1.165, 1.54) is 24.6 Å². The molecule has 9 heteroatoms. The first-order chi connectivity index (χ1) is 13.5. The standard InChI is InChI=1S/C19H27N7S2/c1-13(2)11-22-18(27)25-17-23-15(26-9-4-6-14(3)12-26)10-16(24-17)28-19-20-7-5-8-21-19/h5,7-8,10,13-14H,4,6,9,11-12H2,1-3H3,(H2,22,23,24,25,27)/t14-/m0/s1. The van der Waals surface area contributed by atoms with Crippen LogP contribution in [0, 0.1) is 11.8 Å². The van der Waals surface area contributed by atoms with Crippen molar-refractivity contribution in [2.75, 3.05) is 29.9 Å². The van der Waals surface area contributed by atoms with E-state index in [4.69, 9.17) is 17.2 Å². The highest BCUT2D eigenvalue weighted by atomic mass is 32.2. The fourth-order valence-electron chi connectivity index (χ4n) is 2.95. The second kappa shape index (κ2) is 9.97. The summed E-state index contributed by atoms with van der Waals surface area (Å²) in [6, 6.07) is 3.81. The number of hydrogen-bond acceptors (Lipinski definition) is 7. The van der Waals surface area contributed by atoms with Gasteiger partial charge in [-0.2, -0.15) is 4.98 Å². The number of piperidine rings is 1. The molecule has 0 saturated carbocycles. The van der Waals surface area contributed by atoms with E-state index in [1.54, 1.807) is 18.5 Å². The van der Waals surface area contributed by atoms with Gasteiger partial charge in [0.05, 0.1) is 0 Å². The Morgan fingerprint density at radius 3 is 2.82 bits per heavy atom. The molecule has 28 heavy (non-hydrogen) atoms. The third kappa shape index (κ3) is 6.27. The SMILES string of the molecule is CC(C)CNC(=S)Nc1nc(Sc2ncccn2)cc(N2CCC[C@H](C)C2)n1. The molecule has 7 nitrogen and oxygen atoms in total. The molecule has 1 aliphatic rings. The molecule has 2 N–H and O–H groups in total. The molecule has 1 fully saturated rings. The second-order valence-corrected chi connectivity index (χ2v) is 8.84. The molecule has 2 aromatic rings. The normalized spacial score (nSPS) is 16.9. The van der Waals surface area contributed by atoms with E-state index in [0.717, 1.165) is 30.5 Å². The van der Waals surface area contributed by atoms with Gasteiger partial charge in [-0.3, -0.25) is 0 Å². The van der Waals surface area contributed by atoms with Crippen LogP contribution in [0.4, 0.5) is 11.8 Å². The molecule has 0 unspecified atom stereocenters. The van der Waals surface area contributed by atoms with Crippen molar-refractivity contribution in [2.45, 2.75) is 43.8 Å². The lowest BCUT2D eigenvalue weighted by Gasteiger charge is -2.32. The van der Waals surface area contributed by atoms with E-state index < -0.39 is 0 Å². The summed E-state index contributed by atoms with van der Waals surface area (Å²) in [5, 5.41) is 8.32. The first-order valence-electron chi connectivity index (χ1n) is 9.63. The maximum absolute atomic E-state index is 5.40. The van der Waals surface area contributed by atoms with E-state index >= 15 is 0 Å². The van der Waals surface area contributed by atoms with Gasteiger partial charge in [0.2, 0.25) is 5.95 Å². The van der Waals surface area contributed by atoms with Crippen molar-refractivity contribution >= 4 is 40.9 Å². The van der Waals surface area contributed by atoms with Gasteiger partial charge in [-0.25, -0.2) is 15.0 Å². The molecule has 0 radical (unpaired) electrons. The van der Waals surface area contributed by atoms with E-state index in [2.05, 4.69) is 51.3 Å². The molecule has 0 aliphatic carbocycles. The minimum atomic E-state index is 0.496. The first kappa shape index (κ1) is 20.7. The summed E-state index contributed by atoms with van der Waals surface area (Å²) in [4.78, 5) is 20.2. The Morgan fingerprint density at radius 1 is 1.32 bits per heavy atom. The Labute approximate surface area is 176 Å². The summed E-state index contributed by atoms with van der Waals surface area (Å²) in [5.74, 6) is 2.57. The van der Waals surface area contributed by atoms with Crippen molar-refractivity contribution in [3.8, 4) is 0 Å². The van der Waals surface area contributed by atoms with Gasteiger partial charge in [-0.05, 0) is 54.7 Å². The lowest BCUT2D eigenvalue weighted by Crippen LogP contribution is -2.35. The number of nitrogens with zero attached hydrogens (tertiary/aromatic N) is 5. The number of aromatic nitrogens is 4. The van der Waals surface area contributed by atoms with Gasteiger partial charge in [0.1, 0.15) is 10.8 Å². The van der Waals surface area contributed by atoms with E-state index in [9.17, 15) is 0 Å². The lowest BCUT2D eigenvalue weighted by molar-refractivity contribution is 0.444. The second-order valence-electron chi connectivity index (χ2n) is 7.44. The maximum Gasteiger partial charge on any atom is 0.232 e. The summed E-state index contributed by atoms with van der Waals surface area (Å²) in [6.45, 7) is 9.36. The first-order valence-corrected chi connectivity index (χ1v) is 10.9. The van der Waals surface area contributed by atoms with Crippen molar-refractivity contribution in [2.24, 2.45) is 11.8 Å². The summed E-state index contributed by atoms with van der Waals surface area (Å²) < 4.78 is 0. The fraction of sp³-hybridized carbons (Fsp3) is 0.526. The van der Waals surface area contributed by atoms with Crippen molar-refractivity contribution in [1.29, 1.82) is 0 Å². The Morgan fingerprint density at radius 2 is 2.11 bits per heavy atom. The minimum Gasteiger partial charge on any atom is -0.362 e. The highest BCUT2D eigenvalue weighted by Crippen LogP contribution is 2.28. The summed E-state index contributed by atoms with van der Waals surface area (Å²) in [7, 11) is 0. The van der Waals surface area contributed by atoms with Gasteiger partial charge in [-0.15, -0.1) is 0 Å². The van der Waals surface area contributed by atoms with Crippen molar-refractivity contribution in [3.05, 3.63) is 24.5 Å². The van der Waals surface area contributed by atoms with Crippen LogP contribution in [0.25, 0.3) is 0 Å². The van der Waals surface area contributed by atoms with Gasteiger partial charge in [0.25, 0.3) is 0 Å². The van der Waals surface area contributed by atoms with E-state index in [-0.39, 0.29) is 0 Å². The highest BCUT2D eigenvalue weighted by molar-refractivity contribution is 7.99. The quantitative estimate of drug-likeness (QED) is 0.416. The highest BCUT2D eigenvalue weighted by Gasteiger charge is 2.20. The molecule has 2 aromatic heterocycles. The van der Waals surface area contributed by atoms with Crippen LogP contribution in [0.2, 0.25) is 0 Å². The fourth-order valence-corrected chi connectivity index (χ4v) is 3.84. The van der Waals surface area contributed by atoms with Crippen molar-refractivity contribution in [1.82, 2.24) is 25.3 Å². The predicted molar refractivity (Wildman–Crippen MR) is 118 cm³/mol. The molecule has 0 amide bonds. The smallest absolute Gasteiger partial charge is 0.232 e. The zero-order valence-electron chi connectivity index (χ0n) is 16.6. The van der Waals surface area contributed by atoms with Crippen LogP contribution in [0.5, 0.6) is 0 Å². The van der Waals surface area contributed by atoms with E-state index in [0.29, 0.717) is 28.1 Å². The van der Waals surface area contributed by atoms with Crippen LogP contribution >= 0.6 is 24.0 Å². The van der Waals surface area contributed by atoms with Gasteiger partial charge in [0.15, 0.2) is 10.3 Å². The van der Waals surface area contributed by atoms with Crippen molar-refractivity contribution < 1.29 is 0 Å². The molecule has 1 saturated heterocycles. The van der Waals surface area contributed by atoms with Crippen molar-refractivity contribution in [3.63, 3.8) is 0 Å². The average molecular weight is 418 g/mol. The third-order valence-electron chi connectivity index (χ3n) is 4.30. The van der Waals surface area contributed by atoms with Gasteiger partial charge in [0, 0.05) is 38.1 Å². The molecule has 0 aromatic carbocycles. The Balaban J connectivity index is 1.81. The monoisotopic (exact) mass is 417 g/mol. The maximum atomic E-state index is 5.40.